The first-order valence-electron chi connectivity index (χ1n) is 5.46. The van der Waals surface area contributed by atoms with E-state index in [0.29, 0.717) is 0 Å². The molecule has 1 aromatic carbocycles. The van der Waals surface area contributed by atoms with Crippen molar-refractivity contribution in [2.75, 3.05) is 7.05 Å². The second-order valence-electron chi connectivity index (χ2n) is 4.04. The third-order valence-corrected chi connectivity index (χ3v) is 6.48. The van der Waals surface area contributed by atoms with Crippen molar-refractivity contribution >= 4 is 48.9 Å². The topological polar surface area (TPSA) is 37.4 Å². The molecule has 0 atom stereocenters. The Balaban J connectivity index is 2.29. The minimum atomic E-state index is -3.75. The van der Waals surface area contributed by atoms with Crippen molar-refractivity contribution < 1.29 is 12.8 Å². The van der Waals surface area contributed by atoms with Gasteiger partial charge >= 0.3 is 0 Å². The summed E-state index contributed by atoms with van der Waals surface area (Å²) in [5.41, 5.74) is 0. The summed E-state index contributed by atoms with van der Waals surface area (Å²) in [5, 5.41) is -0.121. The van der Waals surface area contributed by atoms with Crippen LogP contribution in [-0.4, -0.2) is 19.8 Å². The van der Waals surface area contributed by atoms with Crippen LogP contribution >= 0.6 is 38.9 Å². The average molecular weight is 399 g/mol. The quantitative estimate of drug-likeness (QED) is 0.777. The second-order valence-corrected chi connectivity index (χ2v) is 9.01. The molecule has 0 fully saturated rings. The Bertz CT molecular complexity index is 733. The van der Waals surface area contributed by atoms with Crippen LogP contribution in [0.4, 0.5) is 4.39 Å². The molecule has 0 spiro atoms. The minimum absolute atomic E-state index is 0.0984. The zero-order chi connectivity index (χ0) is 14.9. The highest BCUT2D eigenvalue weighted by Crippen LogP contribution is 2.28. The summed E-state index contributed by atoms with van der Waals surface area (Å²) in [4.78, 5) is 0.792. The molecule has 108 valence electrons. The van der Waals surface area contributed by atoms with Gasteiger partial charge in [0.15, 0.2) is 0 Å². The Morgan fingerprint density at radius 2 is 2.05 bits per heavy atom. The van der Waals surface area contributed by atoms with E-state index in [1.165, 1.54) is 28.8 Å². The molecule has 1 aromatic heterocycles. The Morgan fingerprint density at radius 3 is 2.60 bits per heavy atom. The predicted octanol–water partition coefficient (Wildman–Crippen LogP) is 4.12. The lowest BCUT2D eigenvalue weighted by molar-refractivity contribution is 0.469. The number of nitrogens with zero attached hydrogens (tertiary/aromatic N) is 1. The van der Waals surface area contributed by atoms with Gasteiger partial charge in [-0.1, -0.05) is 11.6 Å². The smallest absolute Gasteiger partial charge is 0.207 e. The van der Waals surface area contributed by atoms with Gasteiger partial charge < -0.3 is 0 Å². The van der Waals surface area contributed by atoms with E-state index in [2.05, 4.69) is 15.9 Å². The number of sulfonamides is 1. The molecule has 0 aliphatic heterocycles. The largest absolute Gasteiger partial charge is 0.244 e. The summed E-state index contributed by atoms with van der Waals surface area (Å²) in [5.74, 6) is -0.571. The van der Waals surface area contributed by atoms with Crippen LogP contribution in [-0.2, 0) is 16.6 Å². The lowest BCUT2D eigenvalue weighted by Crippen LogP contribution is -2.26. The number of halogens is 3. The van der Waals surface area contributed by atoms with E-state index in [1.54, 1.807) is 0 Å². The molecular weight excluding hydrogens is 389 g/mol. The first-order valence-corrected chi connectivity index (χ1v) is 8.89. The monoisotopic (exact) mass is 397 g/mol. The van der Waals surface area contributed by atoms with Crippen LogP contribution < -0.4 is 0 Å². The van der Waals surface area contributed by atoms with E-state index in [9.17, 15) is 12.8 Å². The van der Waals surface area contributed by atoms with Gasteiger partial charge in [0.25, 0.3) is 0 Å². The van der Waals surface area contributed by atoms with Crippen LogP contribution in [0.2, 0.25) is 5.02 Å². The Kier molecular flexibility index (Phi) is 4.86. The first kappa shape index (κ1) is 15.9. The minimum Gasteiger partial charge on any atom is -0.207 e. The zero-order valence-electron chi connectivity index (χ0n) is 10.3. The zero-order valence-corrected chi connectivity index (χ0v) is 14.3. The van der Waals surface area contributed by atoms with Gasteiger partial charge in [-0.15, -0.1) is 11.3 Å². The summed E-state index contributed by atoms with van der Waals surface area (Å²) >= 11 is 10.6. The maximum Gasteiger partial charge on any atom is 0.244 e. The van der Waals surface area contributed by atoms with Crippen molar-refractivity contribution in [1.29, 1.82) is 0 Å². The molecule has 0 radical (unpaired) electrons. The van der Waals surface area contributed by atoms with Crippen molar-refractivity contribution in [2.24, 2.45) is 0 Å². The van der Waals surface area contributed by atoms with E-state index < -0.39 is 15.8 Å². The standard InChI is InChI=1S/C12H10BrClFNO2S2/c1-16(7-9-3-5-12(13)19-9)20(17,18)11-4-2-8(15)6-10(11)14/h2-6H,7H2,1H3. The maximum atomic E-state index is 13.0. The summed E-state index contributed by atoms with van der Waals surface area (Å²) in [6, 6.07) is 6.94. The lowest BCUT2D eigenvalue weighted by Gasteiger charge is -2.17. The molecular formula is C12H10BrClFNO2S2. The Labute approximate surface area is 134 Å². The van der Waals surface area contributed by atoms with E-state index in [1.807, 2.05) is 12.1 Å². The highest BCUT2D eigenvalue weighted by molar-refractivity contribution is 9.11. The van der Waals surface area contributed by atoms with Crippen LogP contribution in [0, 0.1) is 5.82 Å². The molecule has 0 unspecified atom stereocenters. The van der Waals surface area contributed by atoms with Crippen LogP contribution in [0.3, 0.4) is 0 Å². The highest BCUT2D eigenvalue weighted by Gasteiger charge is 2.24. The van der Waals surface area contributed by atoms with Crippen molar-refractivity contribution in [3.8, 4) is 0 Å². The fraction of sp³-hybridized carbons (Fsp3) is 0.167. The SMILES string of the molecule is CN(Cc1ccc(Br)s1)S(=O)(=O)c1ccc(F)cc1Cl. The van der Waals surface area contributed by atoms with Gasteiger partial charge in [0, 0.05) is 18.5 Å². The van der Waals surface area contributed by atoms with E-state index >= 15 is 0 Å². The number of hydrogen-bond acceptors (Lipinski definition) is 3. The highest BCUT2D eigenvalue weighted by atomic mass is 79.9. The van der Waals surface area contributed by atoms with E-state index in [0.717, 1.165) is 20.8 Å². The van der Waals surface area contributed by atoms with Crippen LogP contribution in [0.5, 0.6) is 0 Å². The molecule has 8 heteroatoms. The number of thiophene rings is 1. The first-order chi connectivity index (χ1) is 9.30. The van der Waals surface area contributed by atoms with Crippen molar-refractivity contribution in [1.82, 2.24) is 4.31 Å². The molecule has 0 aliphatic carbocycles. The molecule has 0 saturated heterocycles. The molecule has 0 aliphatic rings. The van der Waals surface area contributed by atoms with Crippen LogP contribution in [0.15, 0.2) is 39.0 Å². The van der Waals surface area contributed by atoms with Crippen molar-refractivity contribution in [3.63, 3.8) is 0 Å². The molecule has 3 nitrogen and oxygen atoms in total. The molecule has 1 heterocycles. The van der Waals surface area contributed by atoms with E-state index in [4.69, 9.17) is 11.6 Å². The fourth-order valence-electron chi connectivity index (χ4n) is 1.59. The van der Waals surface area contributed by atoms with Gasteiger partial charge in [0.1, 0.15) is 10.7 Å². The molecule has 2 rings (SSSR count). The molecule has 2 aromatic rings. The summed E-state index contributed by atoms with van der Waals surface area (Å²) in [7, 11) is -2.29. The fourth-order valence-corrected chi connectivity index (χ4v) is 4.86. The molecule has 0 amide bonds. The van der Waals surface area contributed by atoms with Crippen molar-refractivity contribution in [3.05, 3.63) is 49.8 Å². The van der Waals surface area contributed by atoms with Gasteiger partial charge in [-0.3, -0.25) is 0 Å². The maximum absolute atomic E-state index is 13.0. The van der Waals surface area contributed by atoms with Gasteiger partial charge in [-0.25, -0.2) is 12.8 Å². The molecule has 0 saturated carbocycles. The van der Waals surface area contributed by atoms with Gasteiger partial charge in [-0.2, -0.15) is 4.31 Å². The number of rotatable bonds is 4. The number of benzene rings is 1. The third-order valence-electron chi connectivity index (χ3n) is 2.59. The molecule has 0 N–H and O–H groups in total. The second kappa shape index (κ2) is 6.11. The van der Waals surface area contributed by atoms with E-state index in [-0.39, 0.29) is 16.5 Å². The third kappa shape index (κ3) is 3.40. The van der Waals surface area contributed by atoms with Gasteiger partial charge in [-0.05, 0) is 46.3 Å². The van der Waals surface area contributed by atoms with Crippen LogP contribution in [0.25, 0.3) is 0 Å². The normalized spacial score (nSPS) is 12.1. The van der Waals surface area contributed by atoms with Crippen molar-refractivity contribution in [2.45, 2.75) is 11.4 Å². The Hall–Kier alpha value is -0.470. The predicted molar refractivity (Wildman–Crippen MR) is 82.1 cm³/mol. The lowest BCUT2D eigenvalue weighted by atomic mass is 10.3. The average Bonchev–Trinajstić information content (AvgIpc) is 2.74. The van der Waals surface area contributed by atoms with Gasteiger partial charge in [0.05, 0.1) is 8.81 Å². The Morgan fingerprint density at radius 1 is 1.35 bits per heavy atom. The summed E-state index contributed by atoms with van der Waals surface area (Å²) in [6.45, 7) is 0.228. The summed E-state index contributed by atoms with van der Waals surface area (Å²) in [6.07, 6.45) is 0. The summed E-state index contributed by atoms with van der Waals surface area (Å²) < 4.78 is 39.9. The number of hydrogen-bond donors (Lipinski definition) is 0. The molecule has 0 bridgehead atoms. The van der Waals surface area contributed by atoms with Crippen LogP contribution in [0.1, 0.15) is 4.88 Å². The molecule has 20 heavy (non-hydrogen) atoms. The van der Waals surface area contributed by atoms with Gasteiger partial charge in [0.2, 0.25) is 10.0 Å².